The Morgan fingerprint density at radius 1 is 1.27 bits per heavy atom. The number of allylic oxidation sites excluding steroid dienone is 1. The van der Waals surface area contributed by atoms with Gasteiger partial charge < -0.3 is 0 Å². The Labute approximate surface area is 155 Å². The smallest absolute Gasteiger partial charge is 0.216 e. The van der Waals surface area contributed by atoms with Crippen molar-refractivity contribution in [2.75, 3.05) is 6.54 Å². The Hall–Kier alpha value is -2.17. The molecule has 26 heavy (non-hydrogen) atoms. The number of nitrogens with one attached hydrogen (secondary N) is 1. The van der Waals surface area contributed by atoms with Crippen LogP contribution in [-0.2, 0) is 10.0 Å². The summed E-state index contributed by atoms with van der Waals surface area (Å²) in [6, 6.07) is 12.0. The van der Waals surface area contributed by atoms with E-state index < -0.39 is 10.0 Å². The van der Waals surface area contributed by atoms with Gasteiger partial charge in [-0.05, 0) is 24.5 Å². The number of rotatable bonds is 6. The molecule has 1 aromatic rings. The first kappa shape index (κ1) is 18.6. The second-order valence-corrected chi connectivity index (χ2v) is 8.63. The van der Waals surface area contributed by atoms with Crippen molar-refractivity contribution in [1.82, 2.24) is 9.73 Å². The maximum Gasteiger partial charge on any atom is 0.216 e. The normalized spacial score (nSPS) is 27.4. The highest BCUT2D eigenvalue weighted by molar-refractivity contribution is 7.90. The molecule has 7 heteroatoms. The monoisotopic (exact) mass is 372 g/mol. The van der Waals surface area contributed by atoms with Crippen LogP contribution in [0.15, 0.2) is 41.5 Å². The lowest BCUT2D eigenvalue weighted by atomic mass is 9.86. The zero-order valence-corrected chi connectivity index (χ0v) is 15.5. The summed E-state index contributed by atoms with van der Waals surface area (Å²) in [7, 11) is -3.31. The van der Waals surface area contributed by atoms with E-state index in [0.29, 0.717) is 19.4 Å². The van der Waals surface area contributed by atoms with Crippen LogP contribution in [0, 0.1) is 17.2 Å². The minimum absolute atomic E-state index is 0.0303. The fourth-order valence-electron chi connectivity index (χ4n) is 3.77. The van der Waals surface area contributed by atoms with Crippen molar-refractivity contribution in [2.45, 2.75) is 43.5 Å². The molecule has 1 saturated heterocycles. The molecule has 1 heterocycles. The van der Waals surface area contributed by atoms with E-state index in [1.54, 1.807) is 11.2 Å². The van der Waals surface area contributed by atoms with E-state index >= 15 is 0 Å². The highest BCUT2D eigenvalue weighted by Crippen LogP contribution is 2.37. The first-order chi connectivity index (χ1) is 12.6. The number of sulfonamides is 1. The minimum Gasteiger partial charge on any atom is -0.277 e. The van der Waals surface area contributed by atoms with Crippen LogP contribution >= 0.6 is 0 Å². The molecule has 1 aliphatic carbocycles. The topological polar surface area (TPSA) is 85.6 Å². The lowest BCUT2D eigenvalue weighted by Gasteiger charge is -2.32. The van der Waals surface area contributed by atoms with E-state index in [1.807, 2.05) is 42.5 Å². The Bertz CT molecular complexity index is 799. The first-order valence-corrected chi connectivity index (χ1v) is 10.6. The maximum atomic E-state index is 12.4. The summed E-state index contributed by atoms with van der Waals surface area (Å²) in [6.45, 7) is 0.405. The molecule has 0 aromatic heterocycles. The van der Waals surface area contributed by atoms with Gasteiger partial charge in [0.05, 0.1) is 24.3 Å². The van der Waals surface area contributed by atoms with Crippen LogP contribution in [0.3, 0.4) is 0 Å². The average Bonchev–Trinajstić information content (AvgIpc) is 2.93. The molecule has 138 valence electrons. The third kappa shape index (κ3) is 4.32. The Kier molecular flexibility index (Phi) is 6.07. The van der Waals surface area contributed by atoms with Crippen molar-refractivity contribution in [3.8, 4) is 6.07 Å². The van der Waals surface area contributed by atoms with Gasteiger partial charge in [-0.1, -0.05) is 49.2 Å². The second-order valence-electron chi connectivity index (χ2n) is 6.70. The molecule has 1 aliphatic heterocycles. The third-order valence-electron chi connectivity index (χ3n) is 5.01. The van der Waals surface area contributed by atoms with Crippen LogP contribution in [0.25, 0.3) is 6.08 Å². The summed E-state index contributed by atoms with van der Waals surface area (Å²) in [5.74, 6) is 0.0303. The van der Waals surface area contributed by atoms with Crippen molar-refractivity contribution in [3.05, 3.63) is 42.0 Å². The number of hydrogen-bond acceptors (Lipinski definition) is 5. The number of hydrazone groups is 1. The fourth-order valence-corrected chi connectivity index (χ4v) is 5.80. The van der Waals surface area contributed by atoms with Crippen molar-refractivity contribution >= 4 is 22.3 Å². The lowest BCUT2D eigenvalue weighted by molar-refractivity contribution is 0.133. The molecule has 0 amide bonds. The zero-order chi connectivity index (χ0) is 18.4. The molecule has 0 bridgehead atoms. The van der Waals surface area contributed by atoms with E-state index in [0.717, 1.165) is 24.8 Å². The van der Waals surface area contributed by atoms with Gasteiger partial charge in [-0.2, -0.15) is 15.1 Å². The van der Waals surface area contributed by atoms with Crippen LogP contribution < -0.4 is 4.72 Å². The van der Waals surface area contributed by atoms with Gasteiger partial charge in [-0.3, -0.25) is 5.01 Å². The Balaban J connectivity index is 1.74. The van der Waals surface area contributed by atoms with Crippen molar-refractivity contribution in [2.24, 2.45) is 11.0 Å². The predicted molar refractivity (Wildman–Crippen MR) is 102 cm³/mol. The molecule has 1 N–H and O–H groups in total. The molecular weight excluding hydrogens is 348 g/mol. The number of fused-ring (bicyclic) bond motifs is 1. The van der Waals surface area contributed by atoms with Crippen LogP contribution in [-0.4, -0.2) is 37.6 Å². The number of benzene rings is 1. The van der Waals surface area contributed by atoms with Crippen molar-refractivity contribution in [3.63, 3.8) is 0 Å². The van der Waals surface area contributed by atoms with Crippen molar-refractivity contribution in [1.29, 1.82) is 5.26 Å². The summed E-state index contributed by atoms with van der Waals surface area (Å²) >= 11 is 0. The van der Waals surface area contributed by atoms with Gasteiger partial charge in [-0.15, -0.1) is 0 Å². The first-order valence-electron chi connectivity index (χ1n) is 9.02. The van der Waals surface area contributed by atoms with Crippen LogP contribution in [0.2, 0.25) is 0 Å². The van der Waals surface area contributed by atoms with Crippen molar-refractivity contribution < 1.29 is 8.42 Å². The molecule has 3 atom stereocenters. The van der Waals surface area contributed by atoms with Gasteiger partial charge >= 0.3 is 0 Å². The summed E-state index contributed by atoms with van der Waals surface area (Å²) in [6.07, 6.45) is 8.95. The molecular formula is C19H24N4O2S. The number of hydrogen-bond donors (Lipinski definition) is 1. The van der Waals surface area contributed by atoms with E-state index in [4.69, 9.17) is 5.26 Å². The van der Waals surface area contributed by atoms with Gasteiger partial charge in [0.1, 0.15) is 6.17 Å². The summed E-state index contributed by atoms with van der Waals surface area (Å²) in [5.41, 5.74) is 1.07. The number of nitrogens with zero attached hydrogens (tertiary/aromatic N) is 3. The summed E-state index contributed by atoms with van der Waals surface area (Å²) in [5, 5.41) is 14.8. The number of nitriles is 1. The molecule has 2 aliphatic rings. The average molecular weight is 372 g/mol. The molecule has 0 radical (unpaired) electrons. The van der Waals surface area contributed by atoms with Crippen LogP contribution in [0.1, 0.15) is 37.7 Å². The quantitative estimate of drug-likeness (QED) is 0.614. The molecule has 3 unspecified atom stereocenters. The van der Waals surface area contributed by atoms with Gasteiger partial charge in [0.15, 0.2) is 0 Å². The molecule has 6 nitrogen and oxygen atoms in total. The standard InChI is InChI=1S/C19H24N4O2S/c20-13-7-15-23(21-14-6-10-16-8-2-1-3-9-16)19-17-11-4-5-12-18(17)26(24,25)22-19/h1-3,6,8-10,14,17-19,22H,4-5,7,11-12,15H2/b10-6+,21-14+. The summed E-state index contributed by atoms with van der Waals surface area (Å²) in [4.78, 5) is 0. The second kappa shape index (κ2) is 8.47. The minimum atomic E-state index is -3.31. The predicted octanol–water partition coefficient (Wildman–Crippen LogP) is 2.72. The molecule has 1 saturated carbocycles. The van der Waals surface area contributed by atoms with Gasteiger partial charge in [0.25, 0.3) is 0 Å². The van der Waals surface area contributed by atoms with Gasteiger partial charge in [0, 0.05) is 12.1 Å². The highest BCUT2D eigenvalue weighted by Gasteiger charge is 2.49. The Morgan fingerprint density at radius 2 is 2.04 bits per heavy atom. The maximum absolute atomic E-state index is 12.4. The Morgan fingerprint density at radius 3 is 2.81 bits per heavy atom. The molecule has 0 spiro atoms. The van der Waals surface area contributed by atoms with E-state index in [1.165, 1.54) is 0 Å². The highest BCUT2D eigenvalue weighted by atomic mass is 32.2. The van der Waals surface area contributed by atoms with E-state index in [-0.39, 0.29) is 17.3 Å². The largest absolute Gasteiger partial charge is 0.277 e. The van der Waals surface area contributed by atoms with E-state index in [9.17, 15) is 8.42 Å². The summed E-state index contributed by atoms with van der Waals surface area (Å²) < 4.78 is 27.7. The van der Waals surface area contributed by atoms with Gasteiger partial charge in [0.2, 0.25) is 10.0 Å². The van der Waals surface area contributed by atoms with Gasteiger partial charge in [-0.25, -0.2) is 8.42 Å². The lowest BCUT2D eigenvalue weighted by Crippen LogP contribution is -2.44. The van der Waals surface area contributed by atoms with Crippen LogP contribution in [0.5, 0.6) is 0 Å². The van der Waals surface area contributed by atoms with E-state index in [2.05, 4.69) is 15.9 Å². The SMILES string of the molecule is N#CCCN(/N=C/C=C/c1ccccc1)C1NS(=O)(=O)C2CCCCC12. The molecule has 2 fully saturated rings. The molecule has 3 rings (SSSR count). The fraction of sp³-hybridized carbons (Fsp3) is 0.474. The third-order valence-corrected chi connectivity index (χ3v) is 6.96. The molecule has 1 aromatic carbocycles. The van der Waals surface area contributed by atoms with Crippen LogP contribution in [0.4, 0.5) is 0 Å². The zero-order valence-electron chi connectivity index (χ0n) is 14.7.